The van der Waals surface area contributed by atoms with Gasteiger partial charge in [-0.15, -0.1) is 0 Å². The van der Waals surface area contributed by atoms with Crippen LogP contribution in [0.15, 0.2) is 12.5 Å². The number of nitrogens with one attached hydrogen (secondary N) is 2. The number of carbonyl (C=O) groups is 1. The van der Waals surface area contributed by atoms with E-state index in [0.717, 1.165) is 44.5 Å². The second kappa shape index (κ2) is 8.54. The summed E-state index contributed by atoms with van der Waals surface area (Å²) < 4.78 is 0. The van der Waals surface area contributed by atoms with Crippen LogP contribution in [0.1, 0.15) is 79.5 Å². The molecule has 1 saturated heterocycles. The number of nitrogens with zero attached hydrogens (tertiary/aromatic N) is 5. The number of likely N-dealkylation sites (tertiary alicyclic amines) is 1. The fourth-order valence-electron chi connectivity index (χ4n) is 4.83. The Balaban J connectivity index is 1.44. The van der Waals surface area contributed by atoms with Gasteiger partial charge in [-0.3, -0.25) is 4.79 Å². The van der Waals surface area contributed by atoms with Crippen molar-refractivity contribution in [2.45, 2.75) is 103 Å². The Morgan fingerprint density at radius 1 is 0.969 bits per heavy atom. The van der Waals surface area contributed by atoms with Gasteiger partial charge in [-0.1, -0.05) is 20.8 Å². The van der Waals surface area contributed by atoms with Crippen LogP contribution in [-0.2, 0) is 10.2 Å². The number of anilines is 1. The molecule has 2 aromatic rings. The molecule has 1 aliphatic heterocycles. The fraction of sp³-hybridized carbons (Fsp3) is 0.708. The molecule has 8 nitrogen and oxygen atoms in total. The lowest BCUT2D eigenvalue weighted by Crippen LogP contribution is -2.49. The van der Waals surface area contributed by atoms with Crippen LogP contribution < -0.4 is 10.6 Å². The Hall–Kier alpha value is -2.35. The summed E-state index contributed by atoms with van der Waals surface area (Å²) in [6.45, 7) is 13.7. The highest BCUT2D eigenvalue weighted by Gasteiger charge is 2.38. The number of amides is 1. The van der Waals surface area contributed by atoms with Crippen molar-refractivity contribution in [2.75, 3.05) is 11.9 Å². The van der Waals surface area contributed by atoms with E-state index in [2.05, 4.69) is 72.0 Å². The van der Waals surface area contributed by atoms with Gasteiger partial charge >= 0.3 is 0 Å². The van der Waals surface area contributed by atoms with Crippen LogP contribution in [0.25, 0.3) is 11.0 Å². The van der Waals surface area contributed by atoms with E-state index in [0.29, 0.717) is 28.9 Å². The number of rotatable bonds is 4. The first-order valence-electron chi connectivity index (χ1n) is 11.8. The molecular formula is C24H37N7O. The van der Waals surface area contributed by atoms with E-state index in [4.69, 9.17) is 4.98 Å². The van der Waals surface area contributed by atoms with Gasteiger partial charge in [0.2, 0.25) is 5.91 Å². The minimum atomic E-state index is -0.272. The van der Waals surface area contributed by atoms with Gasteiger partial charge < -0.3 is 15.5 Å². The largest absolute Gasteiger partial charge is 0.356 e. The van der Waals surface area contributed by atoms with Crippen LogP contribution in [0, 0.1) is 0 Å². The highest BCUT2D eigenvalue weighted by Crippen LogP contribution is 2.29. The van der Waals surface area contributed by atoms with E-state index < -0.39 is 0 Å². The lowest BCUT2D eigenvalue weighted by Gasteiger charge is -2.37. The van der Waals surface area contributed by atoms with Gasteiger partial charge in [0.15, 0.2) is 5.82 Å². The molecule has 0 aromatic carbocycles. The van der Waals surface area contributed by atoms with Gasteiger partial charge in [-0.2, -0.15) is 0 Å². The number of hydrogen-bond donors (Lipinski definition) is 2. The standard InChI is InChI=1S/C24H37N7O/c1-23(2,3)22-25-13-18-19(29-22)20(27-14-26-18)28-17-11-12-31(21(17)32)16-9-7-15(8-10-16)30-24(4,5)6/h13-17,30H,7-12H2,1-6H3,(H,26,27,28)/t15?,16?,17-/m0/s1. The zero-order chi connectivity index (χ0) is 23.1. The molecule has 4 rings (SSSR count). The summed E-state index contributed by atoms with van der Waals surface area (Å²) >= 11 is 0. The van der Waals surface area contributed by atoms with Crippen molar-refractivity contribution in [1.29, 1.82) is 0 Å². The smallest absolute Gasteiger partial charge is 0.245 e. The lowest BCUT2D eigenvalue weighted by atomic mass is 9.89. The number of aromatic nitrogens is 4. The molecule has 2 N–H and O–H groups in total. The van der Waals surface area contributed by atoms with Crippen LogP contribution in [-0.4, -0.2) is 61.0 Å². The van der Waals surface area contributed by atoms with Gasteiger partial charge in [0, 0.05) is 29.6 Å². The second-order valence-corrected chi connectivity index (χ2v) is 11.3. The van der Waals surface area contributed by atoms with Crippen LogP contribution in [0.3, 0.4) is 0 Å². The van der Waals surface area contributed by atoms with Crippen molar-refractivity contribution >= 4 is 22.8 Å². The lowest BCUT2D eigenvalue weighted by molar-refractivity contribution is -0.131. The fourth-order valence-corrected chi connectivity index (χ4v) is 4.83. The predicted molar refractivity (Wildman–Crippen MR) is 127 cm³/mol. The molecule has 32 heavy (non-hydrogen) atoms. The monoisotopic (exact) mass is 439 g/mol. The van der Waals surface area contributed by atoms with Gasteiger partial charge in [0.25, 0.3) is 0 Å². The number of fused-ring (bicyclic) bond motifs is 1. The van der Waals surface area contributed by atoms with Crippen molar-refractivity contribution in [1.82, 2.24) is 30.2 Å². The normalized spacial score (nSPS) is 24.9. The second-order valence-electron chi connectivity index (χ2n) is 11.3. The van der Waals surface area contributed by atoms with Crippen LogP contribution in [0.2, 0.25) is 0 Å². The first-order chi connectivity index (χ1) is 15.0. The zero-order valence-corrected chi connectivity index (χ0v) is 20.3. The summed E-state index contributed by atoms with van der Waals surface area (Å²) in [7, 11) is 0. The summed E-state index contributed by atoms with van der Waals surface area (Å²) in [5, 5.41) is 7.09. The molecule has 3 heterocycles. The third kappa shape index (κ3) is 5.00. The topological polar surface area (TPSA) is 95.9 Å². The molecule has 2 fully saturated rings. The Kier molecular flexibility index (Phi) is 6.09. The van der Waals surface area contributed by atoms with Crippen LogP contribution in [0.4, 0.5) is 5.82 Å². The average molecular weight is 440 g/mol. The maximum absolute atomic E-state index is 13.3. The molecule has 1 amide bonds. The van der Waals surface area contributed by atoms with Crippen molar-refractivity contribution in [3.8, 4) is 0 Å². The van der Waals surface area contributed by atoms with Crippen LogP contribution >= 0.6 is 0 Å². The third-order valence-corrected chi connectivity index (χ3v) is 6.37. The van der Waals surface area contributed by atoms with Gasteiger partial charge in [-0.25, -0.2) is 19.9 Å². The molecule has 1 atom stereocenters. The summed E-state index contributed by atoms with van der Waals surface area (Å²) in [6.07, 6.45) is 8.38. The molecule has 0 bridgehead atoms. The number of carbonyl (C=O) groups excluding carboxylic acids is 1. The Bertz CT molecular complexity index is 970. The quantitative estimate of drug-likeness (QED) is 0.753. The molecule has 0 spiro atoms. The third-order valence-electron chi connectivity index (χ3n) is 6.37. The first kappa shape index (κ1) is 22.8. The van der Waals surface area contributed by atoms with E-state index in [1.807, 2.05) is 0 Å². The van der Waals surface area contributed by atoms with E-state index in [1.165, 1.54) is 6.33 Å². The molecule has 174 valence electrons. The summed E-state index contributed by atoms with van der Waals surface area (Å²) in [5.74, 6) is 1.53. The van der Waals surface area contributed by atoms with Crippen molar-refractivity contribution < 1.29 is 4.79 Å². The molecule has 2 aliphatic rings. The van der Waals surface area contributed by atoms with Crippen molar-refractivity contribution in [3.05, 3.63) is 18.3 Å². The average Bonchev–Trinajstić information content (AvgIpc) is 3.07. The SMILES string of the molecule is CC(C)(C)NC1CCC(N2CC[C@H](Nc3ncnc4cnc(C(C)(C)C)nc34)C2=O)CC1. The Morgan fingerprint density at radius 3 is 2.34 bits per heavy atom. The van der Waals surface area contributed by atoms with Gasteiger partial charge in [0.05, 0.1) is 6.20 Å². The molecule has 2 aromatic heterocycles. The summed E-state index contributed by atoms with van der Waals surface area (Å²) in [5.41, 5.74) is 1.31. The summed E-state index contributed by atoms with van der Waals surface area (Å²) in [4.78, 5) is 33.2. The molecule has 8 heteroatoms. The first-order valence-corrected chi connectivity index (χ1v) is 11.8. The molecule has 1 aliphatic carbocycles. The van der Waals surface area contributed by atoms with E-state index in [1.54, 1.807) is 6.20 Å². The molecule has 0 radical (unpaired) electrons. The maximum Gasteiger partial charge on any atom is 0.245 e. The number of hydrogen-bond acceptors (Lipinski definition) is 7. The minimum Gasteiger partial charge on any atom is -0.356 e. The molecule has 0 unspecified atom stereocenters. The van der Waals surface area contributed by atoms with E-state index >= 15 is 0 Å². The minimum absolute atomic E-state index is 0.132. The zero-order valence-electron chi connectivity index (χ0n) is 20.3. The Morgan fingerprint density at radius 2 is 1.69 bits per heavy atom. The predicted octanol–water partition coefficient (Wildman–Crippen LogP) is 3.43. The maximum atomic E-state index is 13.3. The van der Waals surface area contributed by atoms with Crippen molar-refractivity contribution in [2.24, 2.45) is 0 Å². The van der Waals surface area contributed by atoms with Gasteiger partial charge in [0.1, 0.15) is 29.2 Å². The van der Waals surface area contributed by atoms with Crippen LogP contribution in [0.5, 0.6) is 0 Å². The Labute approximate surface area is 191 Å². The van der Waals surface area contributed by atoms with Crippen molar-refractivity contribution in [3.63, 3.8) is 0 Å². The van der Waals surface area contributed by atoms with Gasteiger partial charge in [-0.05, 0) is 52.9 Å². The van der Waals surface area contributed by atoms with E-state index in [9.17, 15) is 4.79 Å². The molecule has 1 saturated carbocycles. The summed E-state index contributed by atoms with van der Waals surface area (Å²) in [6, 6.07) is 0.609. The highest BCUT2D eigenvalue weighted by atomic mass is 16.2. The van der Waals surface area contributed by atoms with E-state index in [-0.39, 0.29) is 22.9 Å². The highest BCUT2D eigenvalue weighted by molar-refractivity contribution is 5.90. The molecular weight excluding hydrogens is 402 g/mol.